The third kappa shape index (κ3) is 4.97. The van der Waals surface area contributed by atoms with E-state index in [2.05, 4.69) is 119 Å². The second kappa shape index (κ2) is 10.9. The van der Waals surface area contributed by atoms with Crippen LogP contribution in [0.2, 0.25) is 0 Å². The zero-order valence-electron chi connectivity index (χ0n) is 23.0. The van der Waals surface area contributed by atoms with Crippen LogP contribution in [0, 0.1) is 0 Å². The Hall–Kier alpha value is -5.17. The Bertz CT molecular complexity index is 1980. The second-order valence-electron chi connectivity index (χ2n) is 10.2. The molecule has 0 saturated heterocycles. The van der Waals surface area contributed by atoms with E-state index in [0.717, 1.165) is 60.4 Å². The van der Waals surface area contributed by atoms with Gasteiger partial charge in [-0.3, -0.25) is 4.98 Å². The van der Waals surface area contributed by atoms with E-state index in [4.69, 9.17) is 9.97 Å². The van der Waals surface area contributed by atoms with Crippen LogP contribution in [0.5, 0.6) is 0 Å². The lowest BCUT2D eigenvalue weighted by Crippen LogP contribution is -2.09. The summed E-state index contributed by atoms with van der Waals surface area (Å²) in [7, 11) is 0. The largest absolute Gasteiger partial charge is 0.311 e. The number of hydrogen-bond acceptors (Lipinski definition) is 6. The van der Waals surface area contributed by atoms with Crippen LogP contribution in [0.15, 0.2) is 146 Å². The molecule has 0 spiro atoms. The number of nitrogens with zero attached hydrogens (tertiary/aromatic N) is 4. The molecule has 4 nitrogen and oxygen atoms in total. The van der Waals surface area contributed by atoms with E-state index in [0.29, 0.717) is 0 Å². The molecule has 0 saturated carbocycles. The van der Waals surface area contributed by atoms with Crippen LogP contribution >= 0.6 is 22.7 Å². The van der Waals surface area contributed by atoms with Crippen molar-refractivity contribution in [2.75, 3.05) is 4.90 Å². The van der Waals surface area contributed by atoms with E-state index in [1.165, 1.54) is 9.40 Å². The van der Waals surface area contributed by atoms with Crippen molar-refractivity contribution in [1.82, 2.24) is 15.0 Å². The molecule has 3 heterocycles. The fourth-order valence-corrected chi connectivity index (χ4v) is 7.23. The van der Waals surface area contributed by atoms with Crippen molar-refractivity contribution in [3.05, 3.63) is 146 Å². The molecule has 0 aliphatic rings. The Balaban J connectivity index is 1.17. The van der Waals surface area contributed by atoms with Gasteiger partial charge in [-0.05, 0) is 108 Å². The van der Waals surface area contributed by atoms with Gasteiger partial charge in [0.2, 0.25) is 0 Å². The summed E-state index contributed by atoms with van der Waals surface area (Å²) in [6.45, 7) is 0. The molecule has 204 valence electrons. The van der Waals surface area contributed by atoms with Crippen LogP contribution in [0.3, 0.4) is 0 Å². The van der Waals surface area contributed by atoms with E-state index in [-0.39, 0.29) is 0 Å². The number of fused-ring (bicyclic) bond motifs is 2. The van der Waals surface area contributed by atoms with E-state index < -0.39 is 0 Å². The molecule has 0 aliphatic heterocycles. The molecule has 0 atom stereocenters. The zero-order chi connectivity index (χ0) is 28.6. The summed E-state index contributed by atoms with van der Waals surface area (Å²) in [4.78, 5) is 16.2. The zero-order valence-corrected chi connectivity index (χ0v) is 24.6. The number of para-hydroxylation sites is 2. The molecule has 3 aromatic heterocycles. The van der Waals surface area contributed by atoms with Gasteiger partial charge < -0.3 is 4.90 Å². The Morgan fingerprint density at radius 2 is 0.791 bits per heavy atom. The number of thiazole rings is 2. The first-order chi connectivity index (χ1) is 21.3. The summed E-state index contributed by atoms with van der Waals surface area (Å²) in [5.74, 6) is 0. The second-order valence-corrected chi connectivity index (χ2v) is 12.2. The van der Waals surface area contributed by atoms with E-state index in [1.54, 1.807) is 22.7 Å². The van der Waals surface area contributed by atoms with E-state index >= 15 is 0 Å². The summed E-state index contributed by atoms with van der Waals surface area (Å²) < 4.78 is 2.40. The molecular weight excluding hydrogens is 565 g/mol. The van der Waals surface area contributed by atoms with Gasteiger partial charge in [-0.1, -0.05) is 36.4 Å². The third-order valence-corrected chi connectivity index (χ3v) is 9.64. The minimum Gasteiger partial charge on any atom is -0.311 e. The Labute approximate surface area is 257 Å². The maximum Gasteiger partial charge on any atom is 0.124 e. The Kier molecular flexibility index (Phi) is 6.48. The summed E-state index contributed by atoms with van der Waals surface area (Å²) in [6, 6.07) is 46.7. The highest BCUT2D eigenvalue weighted by Crippen LogP contribution is 2.39. The van der Waals surface area contributed by atoms with Gasteiger partial charge in [0.05, 0.1) is 20.4 Å². The Morgan fingerprint density at radius 3 is 1.23 bits per heavy atom. The predicted octanol–water partition coefficient (Wildman–Crippen LogP) is 10.8. The highest BCUT2D eigenvalue weighted by Gasteiger charge is 2.15. The van der Waals surface area contributed by atoms with Crippen molar-refractivity contribution in [3.63, 3.8) is 0 Å². The van der Waals surface area contributed by atoms with E-state index in [9.17, 15) is 0 Å². The van der Waals surface area contributed by atoms with Crippen molar-refractivity contribution in [3.8, 4) is 32.3 Å². The lowest BCUT2D eigenvalue weighted by atomic mass is 10.1. The fraction of sp³-hybridized carbons (Fsp3) is 0. The summed E-state index contributed by atoms with van der Waals surface area (Å²) in [5.41, 5.74) is 9.85. The SMILES string of the molecule is c1ccc2sc(-c3ccc(N(c4ccc(-c5ccncc5)cc4)c4ccc(-c5nc6ccccc6s5)cc4)cc3)nc2c1. The van der Waals surface area contributed by atoms with Gasteiger partial charge in [0.25, 0.3) is 0 Å². The predicted molar refractivity (Wildman–Crippen MR) is 182 cm³/mol. The first kappa shape index (κ1) is 25.5. The van der Waals surface area contributed by atoms with Gasteiger partial charge in [-0.2, -0.15) is 0 Å². The van der Waals surface area contributed by atoms with Gasteiger partial charge in [0.15, 0.2) is 0 Å². The quantitative estimate of drug-likeness (QED) is 0.194. The molecule has 0 bridgehead atoms. The normalized spacial score (nSPS) is 11.3. The first-order valence-electron chi connectivity index (χ1n) is 14.0. The smallest absolute Gasteiger partial charge is 0.124 e. The van der Waals surface area contributed by atoms with Crippen LogP contribution in [-0.2, 0) is 0 Å². The number of anilines is 3. The lowest BCUT2D eigenvalue weighted by Gasteiger charge is -2.26. The van der Waals surface area contributed by atoms with Crippen molar-refractivity contribution < 1.29 is 0 Å². The van der Waals surface area contributed by atoms with Crippen molar-refractivity contribution in [2.45, 2.75) is 0 Å². The summed E-state index contributed by atoms with van der Waals surface area (Å²) in [5, 5.41) is 2.06. The molecule has 0 N–H and O–H groups in total. The number of benzene rings is 5. The third-order valence-electron chi connectivity index (χ3n) is 7.47. The van der Waals surface area contributed by atoms with Crippen LogP contribution in [0.25, 0.3) is 52.7 Å². The lowest BCUT2D eigenvalue weighted by molar-refractivity contribution is 1.28. The molecule has 6 heteroatoms. The average molecular weight is 589 g/mol. The minimum atomic E-state index is 1.03. The number of aromatic nitrogens is 3. The van der Waals surface area contributed by atoms with Crippen molar-refractivity contribution in [2.24, 2.45) is 0 Å². The van der Waals surface area contributed by atoms with E-state index in [1.807, 2.05) is 36.7 Å². The van der Waals surface area contributed by atoms with Crippen molar-refractivity contribution >= 4 is 60.2 Å². The number of pyridine rings is 1. The van der Waals surface area contributed by atoms with Gasteiger partial charge in [-0.25, -0.2) is 9.97 Å². The highest BCUT2D eigenvalue weighted by atomic mass is 32.1. The molecule has 8 rings (SSSR count). The van der Waals surface area contributed by atoms with Crippen LogP contribution < -0.4 is 4.90 Å². The fourth-order valence-electron chi connectivity index (χ4n) is 5.29. The van der Waals surface area contributed by atoms with Gasteiger partial charge in [-0.15, -0.1) is 22.7 Å². The molecule has 0 fully saturated rings. The highest BCUT2D eigenvalue weighted by molar-refractivity contribution is 7.22. The first-order valence-corrected chi connectivity index (χ1v) is 15.6. The molecule has 0 unspecified atom stereocenters. The molecule has 0 aliphatic carbocycles. The van der Waals surface area contributed by atoms with Crippen molar-refractivity contribution in [1.29, 1.82) is 0 Å². The summed E-state index contributed by atoms with van der Waals surface area (Å²) >= 11 is 3.45. The van der Waals surface area contributed by atoms with Gasteiger partial charge in [0, 0.05) is 40.6 Å². The minimum absolute atomic E-state index is 1.03. The van der Waals surface area contributed by atoms with Gasteiger partial charge >= 0.3 is 0 Å². The standard InChI is InChI=1S/C37H24N4S2/c1-3-7-34-32(5-1)39-36(42-34)27-11-17-30(18-12-27)41(29-15-9-25(10-16-29)26-21-23-38-24-22-26)31-19-13-28(14-20-31)37-40-33-6-2-4-8-35(33)43-37/h1-24H. The molecule has 0 radical (unpaired) electrons. The summed E-state index contributed by atoms with van der Waals surface area (Å²) in [6.07, 6.45) is 3.66. The Morgan fingerprint density at radius 1 is 0.395 bits per heavy atom. The maximum atomic E-state index is 4.86. The maximum absolute atomic E-state index is 4.86. The molecule has 0 amide bonds. The topological polar surface area (TPSA) is 41.9 Å². The van der Waals surface area contributed by atoms with Crippen LogP contribution in [-0.4, -0.2) is 15.0 Å². The van der Waals surface area contributed by atoms with Gasteiger partial charge in [0.1, 0.15) is 10.0 Å². The monoisotopic (exact) mass is 588 g/mol. The van der Waals surface area contributed by atoms with Crippen LogP contribution in [0.4, 0.5) is 17.1 Å². The number of rotatable bonds is 6. The molecule has 8 aromatic rings. The molecule has 43 heavy (non-hydrogen) atoms. The molecule has 5 aromatic carbocycles. The average Bonchev–Trinajstić information content (AvgIpc) is 3.71. The number of hydrogen-bond donors (Lipinski definition) is 0. The van der Waals surface area contributed by atoms with Crippen LogP contribution in [0.1, 0.15) is 0 Å². The molecular formula is C37H24N4S2.